The van der Waals surface area contributed by atoms with E-state index in [9.17, 15) is 19.8 Å². The SMILES string of the molecule is O=C([O-])[C@@H]1[C@H](C(=O)Nc2ccc(O)cc2)[C@@H]2C=C[C@H]1O2. The quantitative estimate of drug-likeness (QED) is 0.580. The maximum absolute atomic E-state index is 12.2. The highest BCUT2D eigenvalue weighted by atomic mass is 16.5. The molecular formula is C14H12NO5-. The lowest BCUT2D eigenvalue weighted by Gasteiger charge is -2.24. The van der Waals surface area contributed by atoms with Crippen LogP contribution in [-0.4, -0.2) is 29.2 Å². The van der Waals surface area contributed by atoms with Crippen molar-refractivity contribution in [3.8, 4) is 5.75 Å². The predicted octanol–water partition coefficient (Wildman–Crippen LogP) is -0.350. The van der Waals surface area contributed by atoms with E-state index in [-0.39, 0.29) is 5.75 Å². The molecule has 1 aromatic carbocycles. The van der Waals surface area contributed by atoms with E-state index in [1.54, 1.807) is 12.2 Å². The molecule has 1 saturated heterocycles. The molecule has 4 atom stereocenters. The van der Waals surface area contributed by atoms with Crippen LogP contribution in [0.1, 0.15) is 0 Å². The van der Waals surface area contributed by atoms with E-state index in [1.807, 2.05) is 0 Å². The van der Waals surface area contributed by atoms with Crippen LogP contribution in [0, 0.1) is 11.8 Å². The summed E-state index contributed by atoms with van der Waals surface area (Å²) in [5.74, 6) is -3.40. The predicted molar refractivity (Wildman–Crippen MR) is 66.5 cm³/mol. The second-order valence-electron chi connectivity index (χ2n) is 4.86. The first kappa shape index (κ1) is 12.7. The van der Waals surface area contributed by atoms with Crippen molar-refractivity contribution in [2.45, 2.75) is 12.2 Å². The molecule has 20 heavy (non-hydrogen) atoms. The molecule has 2 heterocycles. The Kier molecular flexibility index (Phi) is 2.94. The van der Waals surface area contributed by atoms with E-state index < -0.39 is 35.9 Å². The van der Waals surface area contributed by atoms with E-state index >= 15 is 0 Å². The average molecular weight is 274 g/mol. The van der Waals surface area contributed by atoms with Crippen LogP contribution in [0.2, 0.25) is 0 Å². The fourth-order valence-corrected chi connectivity index (χ4v) is 2.67. The van der Waals surface area contributed by atoms with Crippen LogP contribution in [0.3, 0.4) is 0 Å². The number of carboxylic acids is 1. The third-order valence-electron chi connectivity index (χ3n) is 3.61. The first-order chi connectivity index (χ1) is 9.56. The Balaban J connectivity index is 1.78. The number of carbonyl (C=O) groups is 2. The molecule has 2 aliphatic heterocycles. The number of fused-ring (bicyclic) bond motifs is 2. The Hall–Kier alpha value is -2.34. The monoisotopic (exact) mass is 274 g/mol. The van der Waals surface area contributed by atoms with Gasteiger partial charge in [-0.05, 0) is 24.3 Å². The van der Waals surface area contributed by atoms with E-state index in [0.717, 1.165) is 0 Å². The minimum Gasteiger partial charge on any atom is -0.550 e. The summed E-state index contributed by atoms with van der Waals surface area (Å²) in [6.45, 7) is 0. The van der Waals surface area contributed by atoms with Crippen molar-refractivity contribution in [2.24, 2.45) is 11.8 Å². The number of phenols is 1. The molecule has 2 bridgehead atoms. The number of nitrogens with one attached hydrogen (secondary N) is 1. The molecule has 6 heteroatoms. The first-order valence-electron chi connectivity index (χ1n) is 6.21. The van der Waals surface area contributed by atoms with Gasteiger partial charge in [0.05, 0.1) is 18.1 Å². The molecule has 0 spiro atoms. The number of benzene rings is 1. The summed E-state index contributed by atoms with van der Waals surface area (Å²) in [4.78, 5) is 23.4. The molecule has 104 valence electrons. The van der Waals surface area contributed by atoms with Crippen molar-refractivity contribution in [1.29, 1.82) is 0 Å². The van der Waals surface area contributed by atoms with Gasteiger partial charge in [0.15, 0.2) is 0 Å². The number of anilines is 1. The fraction of sp³-hybridized carbons (Fsp3) is 0.286. The van der Waals surface area contributed by atoms with E-state index in [4.69, 9.17) is 4.74 Å². The maximum atomic E-state index is 12.2. The number of rotatable bonds is 3. The van der Waals surface area contributed by atoms with Crippen molar-refractivity contribution in [2.75, 3.05) is 5.32 Å². The average Bonchev–Trinajstić information content (AvgIpc) is 3.01. The summed E-state index contributed by atoms with van der Waals surface area (Å²) >= 11 is 0. The summed E-state index contributed by atoms with van der Waals surface area (Å²) in [6.07, 6.45) is 2.22. The summed E-state index contributed by atoms with van der Waals surface area (Å²) < 4.78 is 5.40. The number of hydrogen-bond donors (Lipinski definition) is 2. The van der Waals surface area contributed by atoms with Gasteiger partial charge >= 0.3 is 0 Å². The summed E-state index contributed by atoms with van der Waals surface area (Å²) in [5, 5.41) is 23.0. The van der Waals surface area contributed by atoms with E-state index in [2.05, 4.69) is 5.32 Å². The van der Waals surface area contributed by atoms with Crippen molar-refractivity contribution >= 4 is 17.6 Å². The Morgan fingerprint density at radius 2 is 1.70 bits per heavy atom. The van der Waals surface area contributed by atoms with Gasteiger partial charge in [-0.2, -0.15) is 0 Å². The fourth-order valence-electron chi connectivity index (χ4n) is 2.67. The Labute approximate surface area is 114 Å². The third-order valence-corrected chi connectivity index (χ3v) is 3.61. The number of phenolic OH excluding ortho intramolecular Hbond substituents is 1. The smallest absolute Gasteiger partial charge is 0.231 e. The molecule has 2 aliphatic rings. The van der Waals surface area contributed by atoms with Gasteiger partial charge in [-0.15, -0.1) is 0 Å². The number of carbonyl (C=O) groups excluding carboxylic acids is 2. The lowest BCUT2D eigenvalue weighted by atomic mass is 9.82. The third kappa shape index (κ3) is 2.04. The molecule has 3 rings (SSSR count). The molecule has 2 N–H and O–H groups in total. The van der Waals surface area contributed by atoms with Crippen LogP contribution in [0.4, 0.5) is 5.69 Å². The van der Waals surface area contributed by atoms with Crippen LogP contribution >= 0.6 is 0 Å². The highest BCUT2D eigenvalue weighted by Crippen LogP contribution is 2.39. The van der Waals surface area contributed by atoms with Crippen LogP contribution in [-0.2, 0) is 14.3 Å². The zero-order valence-corrected chi connectivity index (χ0v) is 10.4. The van der Waals surface area contributed by atoms with Crippen LogP contribution in [0.25, 0.3) is 0 Å². The molecule has 1 fully saturated rings. The zero-order chi connectivity index (χ0) is 14.3. The van der Waals surface area contributed by atoms with Gasteiger partial charge in [-0.25, -0.2) is 0 Å². The zero-order valence-electron chi connectivity index (χ0n) is 10.4. The highest BCUT2D eigenvalue weighted by Gasteiger charge is 2.50. The summed E-state index contributed by atoms with van der Waals surface area (Å²) in [5.41, 5.74) is 0.483. The number of aliphatic carboxylic acids is 1. The van der Waals surface area contributed by atoms with Crippen LogP contribution in [0.5, 0.6) is 5.75 Å². The van der Waals surface area contributed by atoms with Crippen LogP contribution < -0.4 is 10.4 Å². The van der Waals surface area contributed by atoms with Gasteiger partial charge in [-0.1, -0.05) is 12.2 Å². The Morgan fingerprint density at radius 1 is 1.10 bits per heavy atom. The summed E-state index contributed by atoms with van der Waals surface area (Å²) in [7, 11) is 0. The van der Waals surface area contributed by atoms with Gasteiger partial charge in [0.2, 0.25) is 5.91 Å². The van der Waals surface area contributed by atoms with Gasteiger partial charge in [-0.3, -0.25) is 4.79 Å². The first-order valence-corrected chi connectivity index (χ1v) is 6.21. The van der Waals surface area contributed by atoms with Crippen molar-refractivity contribution < 1.29 is 24.5 Å². The molecule has 0 saturated carbocycles. The van der Waals surface area contributed by atoms with Gasteiger partial charge in [0.1, 0.15) is 5.75 Å². The summed E-state index contributed by atoms with van der Waals surface area (Å²) in [6, 6.07) is 5.93. The second kappa shape index (κ2) is 4.64. The molecule has 0 aliphatic carbocycles. The molecule has 1 aromatic rings. The lowest BCUT2D eigenvalue weighted by molar-refractivity contribution is -0.313. The minimum atomic E-state index is -1.28. The van der Waals surface area contributed by atoms with E-state index in [0.29, 0.717) is 5.69 Å². The number of aromatic hydroxyl groups is 1. The Bertz CT molecular complexity index is 580. The molecule has 0 radical (unpaired) electrons. The van der Waals surface area contributed by atoms with Gasteiger partial charge < -0.3 is 25.1 Å². The number of amides is 1. The van der Waals surface area contributed by atoms with Crippen molar-refractivity contribution in [1.82, 2.24) is 0 Å². The van der Waals surface area contributed by atoms with Crippen molar-refractivity contribution in [3.63, 3.8) is 0 Å². The molecule has 1 amide bonds. The maximum Gasteiger partial charge on any atom is 0.231 e. The largest absolute Gasteiger partial charge is 0.550 e. The number of hydrogen-bond acceptors (Lipinski definition) is 5. The standard InChI is InChI=1S/C14H13NO5/c16-8-3-1-7(2-4-8)15-13(17)11-9-5-6-10(20-9)12(11)14(18)19/h1-6,9-12,16H,(H,15,17)(H,18,19)/p-1/t9-,10+,11+,12-/m0/s1. The number of ether oxygens (including phenoxy) is 1. The topological polar surface area (TPSA) is 98.7 Å². The number of carboxylic acid groups (broad SMARTS) is 1. The van der Waals surface area contributed by atoms with Crippen molar-refractivity contribution in [3.05, 3.63) is 36.4 Å². The van der Waals surface area contributed by atoms with Crippen LogP contribution in [0.15, 0.2) is 36.4 Å². The molecule has 6 nitrogen and oxygen atoms in total. The molecule has 0 aromatic heterocycles. The van der Waals surface area contributed by atoms with Gasteiger partial charge in [0, 0.05) is 17.6 Å². The lowest BCUT2D eigenvalue weighted by Crippen LogP contribution is -2.45. The van der Waals surface area contributed by atoms with E-state index in [1.165, 1.54) is 24.3 Å². The Morgan fingerprint density at radius 3 is 2.30 bits per heavy atom. The molecule has 0 unspecified atom stereocenters. The highest BCUT2D eigenvalue weighted by molar-refractivity contribution is 5.96. The second-order valence-corrected chi connectivity index (χ2v) is 4.86. The molecular weight excluding hydrogens is 262 g/mol. The minimum absolute atomic E-state index is 0.0850. The normalized spacial score (nSPS) is 30.4. The van der Waals surface area contributed by atoms with Gasteiger partial charge in [0.25, 0.3) is 0 Å².